The van der Waals surface area contributed by atoms with Gasteiger partial charge in [-0.15, -0.1) is 11.3 Å². The van der Waals surface area contributed by atoms with Crippen molar-refractivity contribution in [1.29, 1.82) is 0 Å². The van der Waals surface area contributed by atoms with Crippen LogP contribution in [0.1, 0.15) is 15.8 Å². The van der Waals surface area contributed by atoms with E-state index in [1.807, 2.05) is 23.6 Å². The van der Waals surface area contributed by atoms with E-state index in [2.05, 4.69) is 4.37 Å². The molecular weight excluding hydrogens is 216 g/mol. The number of aromatic nitrogens is 1. The van der Waals surface area contributed by atoms with Crippen molar-refractivity contribution in [1.82, 2.24) is 4.37 Å². The van der Waals surface area contributed by atoms with Crippen molar-refractivity contribution in [3.63, 3.8) is 0 Å². The van der Waals surface area contributed by atoms with Gasteiger partial charge in [-0.05, 0) is 23.0 Å². The molecule has 5 heteroatoms. The SMILES string of the molecule is COc1cc(C(N)c2cccs2)sn1. The minimum atomic E-state index is -0.0728. The maximum Gasteiger partial charge on any atom is 0.225 e. The lowest BCUT2D eigenvalue weighted by atomic mass is 10.2. The van der Waals surface area contributed by atoms with Crippen LogP contribution in [0.5, 0.6) is 5.88 Å². The molecule has 3 nitrogen and oxygen atoms in total. The third-order valence-electron chi connectivity index (χ3n) is 1.87. The summed E-state index contributed by atoms with van der Waals surface area (Å²) in [6.07, 6.45) is 0. The molecule has 2 heterocycles. The van der Waals surface area contributed by atoms with E-state index < -0.39 is 0 Å². The van der Waals surface area contributed by atoms with Gasteiger partial charge in [0.2, 0.25) is 5.88 Å². The van der Waals surface area contributed by atoms with Gasteiger partial charge in [0.05, 0.1) is 18.0 Å². The summed E-state index contributed by atoms with van der Waals surface area (Å²) in [5.41, 5.74) is 6.05. The fraction of sp³-hybridized carbons (Fsp3) is 0.222. The monoisotopic (exact) mass is 226 g/mol. The Balaban J connectivity index is 2.23. The van der Waals surface area contributed by atoms with Crippen LogP contribution in [0.3, 0.4) is 0 Å². The predicted molar refractivity (Wildman–Crippen MR) is 59.0 cm³/mol. The van der Waals surface area contributed by atoms with Gasteiger partial charge in [0, 0.05) is 10.9 Å². The van der Waals surface area contributed by atoms with E-state index in [0.29, 0.717) is 5.88 Å². The molecule has 0 saturated carbocycles. The first kappa shape index (κ1) is 9.64. The largest absolute Gasteiger partial charge is 0.480 e. The van der Waals surface area contributed by atoms with Crippen molar-refractivity contribution in [3.8, 4) is 5.88 Å². The summed E-state index contributed by atoms with van der Waals surface area (Å²) in [5, 5.41) is 2.02. The third kappa shape index (κ3) is 1.79. The van der Waals surface area contributed by atoms with Crippen LogP contribution in [0.15, 0.2) is 23.6 Å². The summed E-state index contributed by atoms with van der Waals surface area (Å²) in [4.78, 5) is 2.18. The lowest BCUT2D eigenvalue weighted by Gasteiger charge is -2.04. The molecule has 0 aromatic carbocycles. The maximum atomic E-state index is 6.05. The second kappa shape index (κ2) is 4.08. The molecule has 0 aliphatic carbocycles. The maximum absolute atomic E-state index is 6.05. The van der Waals surface area contributed by atoms with Crippen molar-refractivity contribution in [2.24, 2.45) is 5.73 Å². The van der Waals surface area contributed by atoms with E-state index >= 15 is 0 Å². The van der Waals surface area contributed by atoms with Crippen LogP contribution in [0, 0.1) is 0 Å². The van der Waals surface area contributed by atoms with Gasteiger partial charge in [-0.1, -0.05) is 6.07 Å². The molecule has 0 amide bonds. The Bertz CT molecular complexity index is 397. The number of ether oxygens (including phenoxy) is 1. The molecule has 2 rings (SSSR count). The molecule has 74 valence electrons. The number of methoxy groups -OCH3 is 1. The molecule has 1 unspecified atom stereocenters. The van der Waals surface area contributed by atoms with Gasteiger partial charge in [-0.25, -0.2) is 0 Å². The second-order valence-electron chi connectivity index (χ2n) is 2.76. The fourth-order valence-electron chi connectivity index (χ4n) is 1.12. The lowest BCUT2D eigenvalue weighted by Crippen LogP contribution is -2.07. The van der Waals surface area contributed by atoms with Crippen LogP contribution < -0.4 is 10.5 Å². The number of nitrogens with two attached hydrogens (primary N) is 1. The van der Waals surface area contributed by atoms with Gasteiger partial charge in [-0.3, -0.25) is 0 Å². The highest BCUT2D eigenvalue weighted by molar-refractivity contribution is 7.10. The Hall–Kier alpha value is -0.910. The van der Waals surface area contributed by atoms with Crippen LogP contribution in [0.4, 0.5) is 0 Å². The van der Waals surface area contributed by atoms with Crippen LogP contribution >= 0.6 is 22.9 Å². The van der Waals surface area contributed by atoms with Crippen LogP contribution in [0.2, 0.25) is 0 Å². The van der Waals surface area contributed by atoms with Gasteiger partial charge in [0.1, 0.15) is 0 Å². The van der Waals surface area contributed by atoms with Crippen molar-refractivity contribution < 1.29 is 4.74 Å². The number of hydrogen-bond acceptors (Lipinski definition) is 5. The number of hydrogen-bond donors (Lipinski definition) is 1. The summed E-state index contributed by atoms with van der Waals surface area (Å²) in [6, 6.07) is 5.84. The number of thiophene rings is 1. The third-order valence-corrected chi connectivity index (χ3v) is 3.68. The van der Waals surface area contributed by atoms with E-state index in [-0.39, 0.29) is 6.04 Å². The lowest BCUT2D eigenvalue weighted by molar-refractivity contribution is 0.402. The molecule has 2 aromatic heterocycles. The summed E-state index contributed by atoms with van der Waals surface area (Å²) < 4.78 is 9.12. The van der Waals surface area contributed by atoms with Crippen LogP contribution in [0.25, 0.3) is 0 Å². The number of rotatable bonds is 3. The molecule has 0 radical (unpaired) electrons. The van der Waals surface area contributed by atoms with Gasteiger partial charge in [-0.2, -0.15) is 4.37 Å². The molecule has 1 atom stereocenters. The highest BCUT2D eigenvalue weighted by Crippen LogP contribution is 2.28. The molecule has 0 aliphatic heterocycles. The Labute approximate surface area is 90.3 Å². The Morgan fingerprint density at radius 3 is 2.93 bits per heavy atom. The van der Waals surface area contributed by atoms with E-state index in [4.69, 9.17) is 10.5 Å². The predicted octanol–water partition coefficient (Wildman–Crippen LogP) is 2.26. The van der Waals surface area contributed by atoms with Gasteiger partial charge >= 0.3 is 0 Å². The van der Waals surface area contributed by atoms with E-state index in [0.717, 1.165) is 9.75 Å². The van der Waals surface area contributed by atoms with Gasteiger partial charge < -0.3 is 10.5 Å². The molecule has 0 fully saturated rings. The molecule has 0 bridgehead atoms. The topological polar surface area (TPSA) is 48.1 Å². The highest BCUT2D eigenvalue weighted by Gasteiger charge is 2.13. The zero-order valence-electron chi connectivity index (χ0n) is 7.64. The average molecular weight is 226 g/mol. The summed E-state index contributed by atoms with van der Waals surface area (Å²) >= 11 is 3.04. The molecule has 0 aliphatic rings. The van der Waals surface area contributed by atoms with Crippen LogP contribution in [-0.4, -0.2) is 11.5 Å². The molecule has 2 N–H and O–H groups in total. The first-order valence-corrected chi connectivity index (χ1v) is 5.76. The second-order valence-corrected chi connectivity index (χ2v) is 4.58. The Morgan fingerprint density at radius 2 is 2.36 bits per heavy atom. The van der Waals surface area contributed by atoms with Gasteiger partial charge in [0.15, 0.2) is 0 Å². The smallest absolute Gasteiger partial charge is 0.225 e. The molecule has 2 aromatic rings. The summed E-state index contributed by atoms with van der Waals surface area (Å²) in [5.74, 6) is 0.636. The molecule has 14 heavy (non-hydrogen) atoms. The van der Waals surface area contributed by atoms with E-state index in [1.54, 1.807) is 18.4 Å². The summed E-state index contributed by atoms with van der Waals surface area (Å²) in [6.45, 7) is 0. The summed E-state index contributed by atoms with van der Waals surface area (Å²) in [7, 11) is 1.61. The number of nitrogens with zero attached hydrogens (tertiary/aromatic N) is 1. The molecule has 0 spiro atoms. The van der Waals surface area contributed by atoms with Gasteiger partial charge in [0.25, 0.3) is 0 Å². The standard InChI is InChI=1S/C9H10N2OS2/c1-12-8-5-7(14-11-8)9(10)6-3-2-4-13-6/h2-5,9H,10H2,1H3. The van der Waals surface area contributed by atoms with Crippen molar-refractivity contribution in [2.75, 3.05) is 7.11 Å². The first-order valence-electron chi connectivity index (χ1n) is 4.11. The zero-order valence-corrected chi connectivity index (χ0v) is 9.27. The quantitative estimate of drug-likeness (QED) is 0.873. The fourth-order valence-corrected chi connectivity index (χ4v) is 2.66. The molecule has 0 saturated heterocycles. The van der Waals surface area contributed by atoms with E-state index in [1.165, 1.54) is 11.5 Å². The van der Waals surface area contributed by atoms with Crippen molar-refractivity contribution >= 4 is 22.9 Å². The van der Waals surface area contributed by atoms with Crippen LogP contribution in [-0.2, 0) is 0 Å². The molecular formula is C9H10N2OS2. The van der Waals surface area contributed by atoms with E-state index in [9.17, 15) is 0 Å². The van der Waals surface area contributed by atoms with Crippen molar-refractivity contribution in [3.05, 3.63) is 33.3 Å². The van der Waals surface area contributed by atoms with Crippen molar-refractivity contribution in [2.45, 2.75) is 6.04 Å². The highest BCUT2D eigenvalue weighted by atomic mass is 32.1. The minimum Gasteiger partial charge on any atom is -0.480 e. The minimum absolute atomic E-state index is 0.0728. The first-order chi connectivity index (χ1) is 6.81. The normalized spacial score (nSPS) is 12.7. The average Bonchev–Trinajstić information content (AvgIpc) is 2.88. The Kier molecular flexibility index (Phi) is 2.81. The zero-order chi connectivity index (χ0) is 9.97. The Morgan fingerprint density at radius 1 is 1.50 bits per heavy atom.